The lowest BCUT2D eigenvalue weighted by atomic mass is 10.1. The molecule has 0 heterocycles. The summed E-state index contributed by atoms with van der Waals surface area (Å²) in [6.45, 7) is 4.64. The molecule has 1 aliphatic carbocycles. The molecule has 0 unspecified atom stereocenters. The smallest absolute Gasteiger partial charge is 0.264 e. The van der Waals surface area contributed by atoms with Crippen LogP contribution < -0.4 is 0 Å². The Hall–Kier alpha value is -0.730. The number of halogens is 2. The number of carbonyl (C=O) groups is 1. The molecule has 1 saturated carbocycles. The number of allylic oxidation sites excluding steroid dienone is 1. The fraction of sp³-hybridized carbons (Fsp3) is 0.625. The monoisotopic (exact) mass is 160 g/mol. The second-order valence-corrected chi connectivity index (χ2v) is 3.10. The predicted octanol–water partition coefficient (Wildman–Crippen LogP) is 2.03. The van der Waals surface area contributed by atoms with Crippen LogP contribution in [0.4, 0.5) is 8.78 Å². The fourth-order valence-electron chi connectivity index (χ4n) is 1.36. The highest BCUT2D eigenvalue weighted by atomic mass is 19.3. The molecule has 0 amide bonds. The van der Waals surface area contributed by atoms with Crippen molar-refractivity contribution in [1.29, 1.82) is 0 Å². The first kappa shape index (κ1) is 8.37. The number of alkyl halides is 2. The third kappa shape index (κ3) is 0.832. The Morgan fingerprint density at radius 3 is 2.45 bits per heavy atom. The summed E-state index contributed by atoms with van der Waals surface area (Å²) in [5.41, 5.74) is -1.43. The minimum atomic E-state index is -2.82. The molecule has 0 spiro atoms. The average molecular weight is 160 g/mol. The van der Waals surface area contributed by atoms with E-state index in [0.29, 0.717) is 6.29 Å². The van der Waals surface area contributed by atoms with Gasteiger partial charge in [-0.3, -0.25) is 0 Å². The van der Waals surface area contributed by atoms with Gasteiger partial charge in [-0.15, -0.1) is 6.58 Å². The van der Waals surface area contributed by atoms with Crippen LogP contribution in [0.15, 0.2) is 12.7 Å². The molecule has 1 rings (SSSR count). The topological polar surface area (TPSA) is 17.1 Å². The minimum Gasteiger partial charge on any atom is -0.303 e. The quantitative estimate of drug-likeness (QED) is 0.456. The van der Waals surface area contributed by atoms with Crippen LogP contribution in [0.5, 0.6) is 0 Å². The van der Waals surface area contributed by atoms with Crippen molar-refractivity contribution in [3.8, 4) is 0 Å². The molecule has 0 radical (unpaired) electrons. The number of hydrogen-bond donors (Lipinski definition) is 0. The summed E-state index contributed by atoms with van der Waals surface area (Å²) in [4.78, 5) is 10.3. The summed E-state index contributed by atoms with van der Waals surface area (Å²) in [5.74, 6) is -3.65. The van der Waals surface area contributed by atoms with E-state index in [-0.39, 0.29) is 6.42 Å². The molecule has 0 aromatic heterocycles. The molecule has 0 bridgehead atoms. The Morgan fingerprint density at radius 2 is 2.18 bits per heavy atom. The van der Waals surface area contributed by atoms with Gasteiger partial charge in [0.25, 0.3) is 5.92 Å². The van der Waals surface area contributed by atoms with E-state index in [4.69, 9.17) is 0 Å². The van der Waals surface area contributed by atoms with Gasteiger partial charge >= 0.3 is 0 Å². The first-order valence-electron chi connectivity index (χ1n) is 3.45. The molecule has 0 aromatic carbocycles. The SMILES string of the molecule is C=CC[C@@H]1C(F)(F)[C@@]1(C)C=O. The van der Waals surface area contributed by atoms with E-state index in [1.54, 1.807) is 0 Å². The first-order valence-corrected chi connectivity index (χ1v) is 3.45. The van der Waals surface area contributed by atoms with Gasteiger partial charge in [-0.25, -0.2) is 8.78 Å². The molecule has 0 aliphatic heterocycles. The second kappa shape index (κ2) is 2.13. The van der Waals surface area contributed by atoms with Crippen molar-refractivity contribution in [3.63, 3.8) is 0 Å². The first-order chi connectivity index (χ1) is 5.00. The summed E-state index contributed by atoms with van der Waals surface area (Å²) in [6.07, 6.45) is 1.98. The van der Waals surface area contributed by atoms with Crippen LogP contribution in [0.25, 0.3) is 0 Å². The van der Waals surface area contributed by atoms with E-state index in [1.807, 2.05) is 0 Å². The molecular weight excluding hydrogens is 150 g/mol. The lowest BCUT2D eigenvalue weighted by Crippen LogP contribution is -2.06. The van der Waals surface area contributed by atoms with Crippen molar-refractivity contribution in [2.24, 2.45) is 11.3 Å². The zero-order chi connectivity index (χ0) is 8.70. The van der Waals surface area contributed by atoms with Gasteiger partial charge in [0.1, 0.15) is 6.29 Å². The molecule has 3 heteroatoms. The van der Waals surface area contributed by atoms with Gasteiger partial charge in [-0.1, -0.05) is 6.08 Å². The van der Waals surface area contributed by atoms with Crippen LogP contribution in [0.1, 0.15) is 13.3 Å². The molecule has 1 nitrogen and oxygen atoms in total. The third-order valence-electron chi connectivity index (χ3n) is 2.44. The van der Waals surface area contributed by atoms with Crippen LogP contribution in [0.2, 0.25) is 0 Å². The molecule has 1 aliphatic rings. The van der Waals surface area contributed by atoms with E-state index in [2.05, 4.69) is 6.58 Å². The number of hydrogen-bond acceptors (Lipinski definition) is 1. The lowest BCUT2D eigenvalue weighted by Gasteiger charge is -1.95. The van der Waals surface area contributed by atoms with Gasteiger partial charge in [0.15, 0.2) is 0 Å². The number of aldehydes is 1. The molecule has 1 fully saturated rings. The number of rotatable bonds is 3. The van der Waals surface area contributed by atoms with Crippen LogP contribution in [0, 0.1) is 11.3 Å². The maximum absolute atomic E-state index is 12.8. The molecule has 0 aromatic rings. The summed E-state index contributed by atoms with van der Waals surface area (Å²) >= 11 is 0. The van der Waals surface area contributed by atoms with E-state index in [0.717, 1.165) is 0 Å². The zero-order valence-electron chi connectivity index (χ0n) is 6.31. The van der Waals surface area contributed by atoms with Gasteiger partial charge in [-0.2, -0.15) is 0 Å². The molecule has 11 heavy (non-hydrogen) atoms. The highest BCUT2D eigenvalue weighted by Gasteiger charge is 2.77. The Bertz CT molecular complexity index is 200. The standard InChI is InChI=1S/C8H10F2O/c1-3-4-6-7(2,5-11)8(6,9)10/h3,5-6H,1,4H2,2H3/t6-,7-/m0/s1. The second-order valence-electron chi connectivity index (χ2n) is 3.10. The third-order valence-corrected chi connectivity index (χ3v) is 2.44. The van der Waals surface area contributed by atoms with Crippen molar-refractivity contribution >= 4 is 6.29 Å². The highest BCUT2D eigenvalue weighted by molar-refractivity contribution is 5.68. The largest absolute Gasteiger partial charge is 0.303 e. The van der Waals surface area contributed by atoms with Crippen LogP contribution in [0.3, 0.4) is 0 Å². The summed E-state index contributed by atoms with van der Waals surface area (Å²) in [7, 11) is 0. The highest BCUT2D eigenvalue weighted by Crippen LogP contribution is 2.65. The van der Waals surface area contributed by atoms with Crippen LogP contribution >= 0.6 is 0 Å². The van der Waals surface area contributed by atoms with Crippen LogP contribution in [-0.4, -0.2) is 12.2 Å². The number of carbonyl (C=O) groups excluding carboxylic acids is 1. The summed E-state index contributed by atoms with van der Waals surface area (Å²) in [5, 5.41) is 0. The molecular formula is C8H10F2O. The lowest BCUT2D eigenvalue weighted by molar-refractivity contribution is -0.114. The Morgan fingerprint density at radius 1 is 1.64 bits per heavy atom. The van der Waals surface area contributed by atoms with Crippen molar-refractivity contribution < 1.29 is 13.6 Å². The molecule has 2 atom stereocenters. The van der Waals surface area contributed by atoms with Crippen molar-refractivity contribution in [3.05, 3.63) is 12.7 Å². The van der Waals surface area contributed by atoms with E-state index < -0.39 is 17.3 Å². The van der Waals surface area contributed by atoms with Crippen molar-refractivity contribution in [2.45, 2.75) is 19.3 Å². The maximum atomic E-state index is 12.8. The predicted molar refractivity (Wildman–Crippen MR) is 37.4 cm³/mol. The van der Waals surface area contributed by atoms with E-state index >= 15 is 0 Å². The van der Waals surface area contributed by atoms with E-state index in [1.165, 1.54) is 13.0 Å². The fourth-order valence-corrected chi connectivity index (χ4v) is 1.36. The maximum Gasteiger partial charge on any atom is 0.264 e. The Balaban J connectivity index is 2.74. The van der Waals surface area contributed by atoms with Crippen molar-refractivity contribution in [2.75, 3.05) is 0 Å². The Kier molecular flexibility index (Phi) is 1.62. The minimum absolute atomic E-state index is 0.211. The van der Waals surface area contributed by atoms with Gasteiger partial charge in [0.05, 0.1) is 5.41 Å². The van der Waals surface area contributed by atoms with E-state index in [9.17, 15) is 13.6 Å². The summed E-state index contributed by atoms with van der Waals surface area (Å²) < 4.78 is 25.5. The average Bonchev–Trinajstić information content (AvgIpc) is 2.36. The molecule has 0 N–H and O–H groups in total. The molecule has 62 valence electrons. The van der Waals surface area contributed by atoms with Gasteiger partial charge in [0, 0.05) is 5.92 Å². The Labute approximate surface area is 64.1 Å². The zero-order valence-corrected chi connectivity index (χ0v) is 6.31. The van der Waals surface area contributed by atoms with Crippen LogP contribution in [-0.2, 0) is 4.79 Å². The van der Waals surface area contributed by atoms with Gasteiger partial charge in [0.2, 0.25) is 0 Å². The van der Waals surface area contributed by atoms with Gasteiger partial charge in [-0.05, 0) is 13.3 Å². The molecule has 0 saturated heterocycles. The van der Waals surface area contributed by atoms with Crippen molar-refractivity contribution in [1.82, 2.24) is 0 Å². The van der Waals surface area contributed by atoms with Gasteiger partial charge < -0.3 is 4.79 Å². The normalized spacial score (nSPS) is 39.7. The summed E-state index contributed by atoms with van der Waals surface area (Å²) in [6, 6.07) is 0.